The number of halogens is 4. The van der Waals surface area contributed by atoms with E-state index in [0.717, 1.165) is 17.2 Å². The molecule has 2 aromatic carbocycles. The van der Waals surface area contributed by atoms with Crippen LogP contribution in [0.25, 0.3) is 17.2 Å². The number of anilines is 2. The molecule has 0 atom stereocenters. The number of piperazine rings is 1. The highest BCUT2D eigenvalue weighted by atomic mass is 35.5. The van der Waals surface area contributed by atoms with Crippen molar-refractivity contribution in [2.75, 3.05) is 36.4 Å². The zero-order chi connectivity index (χ0) is 37.1. The van der Waals surface area contributed by atoms with Gasteiger partial charge in [0.25, 0.3) is 5.56 Å². The summed E-state index contributed by atoms with van der Waals surface area (Å²) in [6.07, 6.45) is -3.47. The molecular weight excluding hydrogens is 703 g/mol. The molecule has 7 rings (SSSR count). The van der Waals surface area contributed by atoms with Crippen molar-refractivity contribution in [2.45, 2.75) is 84.4 Å². The van der Waals surface area contributed by atoms with Gasteiger partial charge in [-0.25, -0.2) is 4.79 Å². The molecule has 52 heavy (non-hydrogen) atoms. The Morgan fingerprint density at radius 2 is 1.75 bits per heavy atom. The Balaban J connectivity index is 1.26. The van der Waals surface area contributed by atoms with E-state index >= 15 is 0 Å². The smallest absolute Gasteiger partial charge is 0.416 e. The van der Waals surface area contributed by atoms with Gasteiger partial charge in [-0.3, -0.25) is 9.59 Å². The van der Waals surface area contributed by atoms with Crippen molar-refractivity contribution >= 4 is 40.8 Å². The maximum atomic E-state index is 14.3. The van der Waals surface area contributed by atoms with Crippen LogP contribution in [0, 0.1) is 0 Å². The average Bonchev–Trinajstić information content (AvgIpc) is 3.64. The molecule has 1 aliphatic carbocycles. The molecule has 0 radical (unpaired) electrons. The summed E-state index contributed by atoms with van der Waals surface area (Å²) in [6, 6.07) is 7.87. The Bertz CT molecular complexity index is 2130. The van der Waals surface area contributed by atoms with Crippen molar-refractivity contribution in [2.24, 2.45) is 0 Å². The van der Waals surface area contributed by atoms with Gasteiger partial charge in [-0.1, -0.05) is 30.7 Å². The van der Waals surface area contributed by atoms with Crippen molar-refractivity contribution in [3.05, 3.63) is 73.7 Å². The molecule has 16 heteroatoms. The number of carbonyl (C=O) groups is 2. The Hall–Kier alpha value is -4.63. The Labute approximate surface area is 302 Å². The number of aromatic nitrogens is 4. The number of amides is 2. The number of fused-ring (bicyclic) bond motifs is 2. The number of nitrogens with one attached hydrogen (secondary N) is 1. The van der Waals surface area contributed by atoms with Gasteiger partial charge in [0.15, 0.2) is 5.82 Å². The van der Waals surface area contributed by atoms with Gasteiger partial charge in [-0.2, -0.15) is 22.7 Å². The summed E-state index contributed by atoms with van der Waals surface area (Å²) in [6.45, 7) is 9.07. The number of rotatable bonds is 7. The van der Waals surface area contributed by atoms with Gasteiger partial charge in [0.2, 0.25) is 11.7 Å². The first kappa shape index (κ1) is 35.8. The molecule has 1 N–H and O–H groups in total. The molecule has 276 valence electrons. The zero-order valence-electron chi connectivity index (χ0n) is 29.3. The topological polar surface area (TPSA) is 123 Å². The van der Waals surface area contributed by atoms with E-state index in [4.69, 9.17) is 26.1 Å². The van der Waals surface area contributed by atoms with Crippen molar-refractivity contribution in [1.82, 2.24) is 24.1 Å². The molecule has 2 aliphatic heterocycles. The molecule has 0 unspecified atom stereocenters. The third-order valence-corrected chi connectivity index (χ3v) is 9.74. The predicted octanol–water partition coefficient (Wildman–Crippen LogP) is 6.40. The van der Waals surface area contributed by atoms with E-state index in [1.54, 1.807) is 30.2 Å². The second kappa shape index (κ2) is 13.4. The molecule has 0 bridgehead atoms. The number of hydrogen-bond acceptors (Lipinski definition) is 8. The van der Waals surface area contributed by atoms with Crippen LogP contribution in [-0.2, 0) is 46.6 Å². The number of hydrogen-bond donors (Lipinski definition) is 1. The fourth-order valence-electron chi connectivity index (χ4n) is 6.80. The van der Waals surface area contributed by atoms with Crippen molar-refractivity contribution < 1.29 is 32.2 Å². The van der Waals surface area contributed by atoms with Crippen LogP contribution in [0.5, 0.6) is 0 Å². The molecule has 0 spiro atoms. The van der Waals surface area contributed by atoms with E-state index in [1.165, 1.54) is 10.6 Å². The number of carbonyl (C=O) groups excluding carboxylic acids is 2. The van der Waals surface area contributed by atoms with E-state index in [0.29, 0.717) is 75.6 Å². The maximum absolute atomic E-state index is 14.3. The van der Waals surface area contributed by atoms with Gasteiger partial charge < -0.3 is 29.2 Å². The molecular formula is C36H39ClF3N7O5. The maximum Gasteiger partial charge on any atom is 0.416 e. The first-order valence-corrected chi connectivity index (χ1v) is 17.6. The van der Waals surface area contributed by atoms with Crippen molar-refractivity contribution in [3.8, 4) is 11.4 Å². The summed E-state index contributed by atoms with van der Waals surface area (Å²) in [7, 11) is 0. The minimum Gasteiger partial charge on any atom is -0.444 e. The zero-order valence-corrected chi connectivity index (χ0v) is 30.0. The van der Waals surface area contributed by atoms with Crippen LogP contribution in [0.15, 0.2) is 35.1 Å². The monoisotopic (exact) mass is 741 g/mol. The van der Waals surface area contributed by atoms with Gasteiger partial charge in [0, 0.05) is 31.7 Å². The lowest BCUT2D eigenvalue weighted by Gasteiger charge is -2.37. The van der Waals surface area contributed by atoms with Crippen LogP contribution in [-0.4, -0.2) is 67.8 Å². The third kappa shape index (κ3) is 7.07. The molecule has 4 heterocycles. The number of benzene rings is 2. The molecule has 12 nitrogen and oxygen atoms in total. The van der Waals surface area contributed by atoms with Gasteiger partial charge in [0.05, 0.1) is 35.2 Å². The minimum absolute atomic E-state index is 0.0673. The fraction of sp³-hybridized carbons (Fsp3) is 0.472. The summed E-state index contributed by atoms with van der Waals surface area (Å²) < 4.78 is 55.4. The van der Waals surface area contributed by atoms with E-state index in [9.17, 15) is 27.6 Å². The normalized spacial score (nSPS) is 16.4. The Morgan fingerprint density at radius 3 is 2.40 bits per heavy atom. The molecule has 1 saturated carbocycles. The second-order valence-electron chi connectivity index (χ2n) is 14.4. The summed E-state index contributed by atoms with van der Waals surface area (Å²) in [4.78, 5) is 49.1. The highest BCUT2D eigenvalue weighted by molar-refractivity contribution is 6.33. The lowest BCUT2D eigenvalue weighted by atomic mass is 10.0. The van der Waals surface area contributed by atoms with Crippen LogP contribution in [0.3, 0.4) is 0 Å². The number of alkyl halides is 3. The van der Waals surface area contributed by atoms with Gasteiger partial charge in [0.1, 0.15) is 17.8 Å². The lowest BCUT2D eigenvalue weighted by Crippen LogP contribution is -2.51. The largest absolute Gasteiger partial charge is 0.444 e. The molecule has 3 aliphatic rings. The highest BCUT2D eigenvalue weighted by Gasteiger charge is 2.39. The summed E-state index contributed by atoms with van der Waals surface area (Å²) in [5, 5.41) is 7.10. The molecule has 2 amide bonds. The SMILES string of the molecule is CCc1c(N2CCN(C(=O)OC(C)(C)C)CC2)c(=O)n2nc(-c3ccc4c(c3)COC4)nc2n1CC(=O)Nc1cc(C2CC2)c(C(F)(F)F)cc1Cl. The highest BCUT2D eigenvalue weighted by Crippen LogP contribution is 2.48. The first-order chi connectivity index (χ1) is 24.6. The van der Waals surface area contributed by atoms with Crippen LogP contribution < -0.4 is 15.8 Å². The van der Waals surface area contributed by atoms with Gasteiger partial charge in [-0.05, 0) is 80.8 Å². The average molecular weight is 742 g/mol. The third-order valence-electron chi connectivity index (χ3n) is 9.43. The van der Waals surface area contributed by atoms with Crippen LogP contribution in [0.4, 0.5) is 29.3 Å². The van der Waals surface area contributed by atoms with Crippen LogP contribution in [0.2, 0.25) is 5.02 Å². The lowest BCUT2D eigenvalue weighted by molar-refractivity contribution is -0.138. The number of nitrogens with zero attached hydrogens (tertiary/aromatic N) is 6. The fourth-order valence-corrected chi connectivity index (χ4v) is 7.01. The van der Waals surface area contributed by atoms with Crippen molar-refractivity contribution in [3.63, 3.8) is 0 Å². The van der Waals surface area contributed by atoms with E-state index < -0.39 is 34.9 Å². The summed E-state index contributed by atoms with van der Waals surface area (Å²) in [5.41, 5.74) is 1.79. The van der Waals surface area contributed by atoms with Crippen LogP contribution >= 0.6 is 11.6 Å². The van der Waals surface area contributed by atoms with E-state index in [-0.39, 0.29) is 40.3 Å². The van der Waals surface area contributed by atoms with Crippen molar-refractivity contribution in [1.29, 1.82) is 0 Å². The summed E-state index contributed by atoms with van der Waals surface area (Å²) >= 11 is 6.32. The Kier molecular flexibility index (Phi) is 9.22. The second-order valence-corrected chi connectivity index (χ2v) is 14.8. The Morgan fingerprint density at radius 1 is 1.04 bits per heavy atom. The van der Waals surface area contributed by atoms with Gasteiger partial charge in [-0.15, -0.1) is 5.10 Å². The molecule has 2 aromatic heterocycles. The van der Waals surface area contributed by atoms with E-state index in [2.05, 4.69) is 10.4 Å². The van der Waals surface area contributed by atoms with E-state index in [1.807, 2.05) is 30.0 Å². The molecule has 2 fully saturated rings. The predicted molar refractivity (Wildman–Crippen MR) is 188 cm³/mol. The minimum atomic E-state index is -4.59. The number of ether oxygens (including phenoxy) is 2. The van der Waals surface area contributed by atoms with Gasteiger partial charge >= 0.3 is 12.3 Å². The van der Waals surface area contributed by atoms with Crippen LogP contribution in [0.1, 0.15) is 74.4 Å². The standard InChI is InChI=1S/C36H39ClF3N7O5/c1-5-28-30(44-10-12-45(13-11-44)34(50)52-35(2,3)4)32(49)47-33(42-31(43-47)21-8-9-22-18-51-19-23(22)14-21)46(28)17-29(48)41-27-15-24(20-6-7-20)25(16-26(27)37)36(38,39)40/h8-9,14-16,20H,5-7,10-13,17-19H2,1-4H3,(H,41,48). The molecule has 4 aromatic rings. The summed E-state index contributed by atoms with van der Waals surface area (Å²) in [5.74, 6) is -0.441. The molecule has 1 saturated heterocycles. The first-order valence-electron chi connectivity index (χ1n) is 17.3. The quantitative estimate of drug-likeness (QED) is 0.231.